The van der Waals surface area contributed by atoms with Crippen LogP contribution in [0.2, 0.25) is 0 Å². The largest absolute Gasteiger partial charge is 0.335 e. The quantitative estimate of drug-likeness (QED) is 0.797. The molecule has 4 heteroatoms. The Morgan fingerprint density at radius 2 is 1.83 bits per heavy atom. The number of amides is 1. The molecule has 0 radical (unpaired) electrons. The van der Waals surface area contributed by atoms with Gasteiger partial charge in [0.1, 0.15) is 0 Å². The fraction of sp³-hybridized carbons (Fsp3) is 0.560. The monoisotopic (exact) mass is 391 g/mol. The van der Waals surface area contributed by atoms with Gasteiger partial charge in [0.15, 0.2) is 0 Å². The van der Waals surface area contributed by atoms with Gasteiger partial charge in [-0.1, -0.05) is 42.5 Å². The first-order valence-corrected chi connectivity index (χ1v) is 11.2. The van der Waals surface area contributed by atoms with Crippen molar-refractivity contribution in [1.82, 2.24) is 14.7 Å². The van der Waals surface area contributed by atoms with Gasteiger partial charge in [-0.3, -0.25) is 9.69 Å². The highest BCUT2D eigenvalue weighted by atomic mass is 16.2. The molecule has 2 aromatic rings. The smallest absolute Gasteiger partial charge is 0.223 e. The number of likely N-dealkylation sites (tertiary alicyclic amines) is 1. The highest BCUT2D eigenvalue weighted by molar-refractivity contribution is 5.85. The summed E-state index contributed by atoms with van der Waals surface area (Å²) >= 11 is 0. The van der Waals surface area contributed by atoms with E-state index in [-0.39, 0.29) is 0 Å². The van der Waals surface area contributed by atoms with E-state index in [2.05, 4.69) is 71.3 Å². The molecule has 4 nitrogen and oxygen atoms in total. The SMILES string of the molecule is CN(C)C[C@H]1[C@H]2C[C@H](CN(Cc3cccc4ccccc34)C2)[C@@H]2CCCC(=O)N21. The first kappa shape index (κ1) is 19.1. The van der Waals surface area contributed by atoms with E-state index < -0.39 is 0 Å². The second-order valence-corrected chi connectivity index (χ2v) is 9.68. The van der Waals surface area contributed by atoms with E-state index in [4.69, 9.17) is 0 Å². The van der Waals surface area contributed by atoms with Gasteiger partial charge in [0.2, 0.25) is 5.91 Å². The summed E-state index contributed by atoms with van der Waals surface area (Å²) in [6.45, 7) is 4.24. The standard InChI is InChI=1S/C25H33N3O/c1-26(2)17-24-21-13-20(23-11-6-12-25(29)28(23)24)15-27(16-21)14-19-9-5-8-18-7-3-4-10-22(18)19/h3-5,7-10,20-21,23-24H,6,11-17H2,1-2H3/t20-,21+,23+,24+/m1/s1. The van der Waals surface area contributed by atoms with E-state index in [1.807, 2.05) is 0 Å². The number of likely N-dealkylation sites (N-methyl/N-ethyl adjacent to an activating group) is 1. The zero-order chi connectivity index (χ0) is 20.0. The summed E-state index contributed by atoms with van der Waals surface area (Å²) in [4.78, 5) is 20.1. The fourth-order valence-electron chi connectivity index (χ4n) is 6.28. The molecule has 3 heterocycles. The van der Waals surface area contributed by atoms with Crippen LogP contribution in [-0.4, -0.2) is 66.4 Å². The van der Waals surface area contributed by atoms with E-state index >= 15 is 0 Å². The molecule has 29 heavy (non-hydrogen) atoms. The minimum atomic E-state index is 0.370. The van der Waals surface area contributed by atoms with E-state index in [0.717, 1.165) is 39.0 Å². The van der Waals surface area contributed by atoms with E-state index in [9.17, 15) is 4.79 Å². The van der Waals surface area contributed by atoms with E-state index in [1.165, 1.54) is 29.2 Å². The molecule has 3 saturated heterocycles. The van der Waals surface area contributed by atoms with E-state index in [1.54, 1.807) is 0 Å². The van der Waals surface area contributed by atoms with Crippen LogP contribution in [-0.2, 0) is 11.3 Å². The third kappa shape index (κ3) is 3.57. The van der Waals surface area contributed by atoms with Gasteiger partial charge in [0.25, 0.3) is 0 Å². The topological polar surface area (TPSA) is 26.8 Å². The number of rotatable bonds is 4. The number of piperidine rings is 3. The maximum Gasteiger partial charge on any atom is 0.223 e. The Morgan fingerprint density at radius 3 is 2.69 bits per heavy atom. The van der Waals surface area contributed by atoms with Crippen molar-refractivity contribution in [3.05, 3.63) is 48.0 Å². The summed E-state index contributed by atoms with van der Waals surface area (Å²) in [7, 11) is 4.29. The maximum atomic E-state index is 12.9. The number of carbonyl (C=O) groups is 1. The molecule has 3 fully saturated rings. The lowest BCUT2D eigenvalue weighted by Crippen LogP contribution is -2.66. The molecule has 0 N–H and O–H groups in total. The summed E-state index contributed by atoms with van der Waals surface area (Å²) in [5, 5.41) is 2.71. The van der Waals surface area contributed by atoms with Crippen molar-refractivity contribution in [3.8, 4) is 0 Å². The van der Waals surface area contributed by atoms with Crippen molar-refractivity contribution in [2.24, 2.45) is 11.8 Å². The summed E-state index contributed by atoms with van der Waals surface area (Å²) in [6.07, 6.45) is 4.30. The van der Waals surface area contributed by atoms with Gasteiger partial charge >= 0.3 is 0 Å². The predicted molar refractivity (Wildman–Crippen MR) is 118 cm³/mol. The highest BCUT2D eigenvalue weighted by Crippen LogP contribution is 2.42. The van der Waals surface area contributed by atoms with Crippen LogP contribution in [0.4, 0.5) is 0 Å². The molecule has 0 unspecified atom stereocenters. The highest BCUT2D eigenvalue weighted by Gasteiger charge is 2.49. The molecule has 3 aliphatic rings. The number of hydrogen-bond donors (Lipinski definition) is 0. The van der Waals surface area contributed by atoms with Gasteiger partial charge in [-0.15, -0.1) is 0 Å². The van der Waals surface area contributed by atoms with Crippen molar-refractivity contribution in [2.75, 3.05) is 33.7 Å². The number of hydrogen-bond acceptors (Lipinski definition) is 3. The molecule has 0 saturated carbocycles. The summed E-state index contributed by atoms with van der Waals surface area (Å²) < 4.78 is 0. The number of benzene rings is 2. The molecule has 5 rings (SSSR count). The molecule has 4 atom stereocenters. The average molecular weight is 392 g/mol. The van der Waals surface area contributed by atoms with Crippen LogP contribution >= 0.6 is 0 Å². The Labute approximate surface area is 174 Å². The van der Waals surface area contributed by atoms with Crippen LogP contribution in [0.25, 0.3) is 10.8 Å². The minimum absolute atomic E-state index is 0.370. The number of nitrogens with zero attached hydrogens (tertiary/aromatic N) is 3. The summed E-state index contributed by atoms with van der Waals surface area (Å²) in [5.41, 5.74) is 1.43. The van der Waals surface area contributed by atoms with Crippen molar-refractivity contribution >= 4 is 16.7 Å². The van der Waals surface area contributed by atoms with Crippen LogP contribution in [0.1, 0.15) is 31.2 Å². The number of fused-ring (bicyclic) bond motifs is 5. The van der Waals surface area contributed by atoms with Crippen molar-refractivity contribution in [1.29, 1.82) is 0 Å². The normalized spacial score (nSPS) is 30.0. The first-order valence-electron chi connectivity index (χ1n) is 11.2. The second-order valence-electron chi connectivity index (χ2n) is 9.68. The van der Waals surface area contributed by atoms with Crippen molar-refractivity contribution in [3.63, 3.8) is 0 Å². The van der Waals surface area contributed by atoms with Gasteiger partial charge in [0.05, 0.1) is 0 Å². The Bertz CT molecular complexity index is 889. The lowest BCUT2D eigenvalue weighted by atomic mass is 9.72. The lowest BCUT2D eigenvalue weighted by molar-refractivity contribution is -0.153. The summed E-state index contributed by atoms with van der Waals surface area (Å²) in [6, 6.07) is 16.3. The van der Waals surface area contributed by atoms with Gasteiger partial charge in [0, 0.05) is 44.7 Å². The Balaban J connectivity index is 1.41. The van der Waals surface area contributed by atoms with Crippen molar-refractivity contribution in [2.45, 2.75) is 44.3 Å². The van der Waals surface area contributed by atoms with E-state index in [0.29, 0.717) is 29.8 Å². The Morgan fingerprint density at radius 1 is 1.03 bits per heavy atom. The molecule has 3 aliphatic heterocycles. The lowest BCUT2D eigenvalue weighted by Gasteiger charge is -2.57. The Kier molecular flexibility index (Phi) is 5.09. The van der Waals surface area contributed by atoms with Crippen LogP contribution < -0.4 is 0 Å². The molecular formula is C25H33N3O. The molecule has 2 bridgehead atoms. The fourth-order valence-corrected chi connectivity index (χ4v) is 6.28. The third-order valence-electron chi connectivity index (χ3n) is 7.40. The first-order chi connectivity index (χ1) is 14.1. The van der Waals surface area contributed by atoms with Crippen LogP contribution in [0.15, 0.2) is 42.5 Å². The zero-order valence-electron chi connectivity index (χ0n) is 17.8. The minimum Gasteiger partial charge on any atom is -0.335 e. The predicted octanol–water partition coefficient (Wildman–Crippen LogP) is 3.60. The van der Waals surface area contributed by atoms with Crippen LogP contribution in [0.5, 0.6) is 0 Å². The van der Waals surface area contributed by atoms with Gasteiger partial charge in [-0.05, 0) is 61.5 Å². The third-order valence-corrected chi connectivity index (χ3v) is 7.40. The van der Waals surface area contributed by atoms with Crippen LogP contribution in [0.3, 0.4) is 0 Å². The Hall–Kier alpha value is -1.91. The van der Waals surface area contributed by atoms with Gasteiger partial charge < -0.3 is 9.80 Å². The second kappa shape index (κ2) is 7.73. The van der Waals surface area contributed by atoms with Crippen LogP contribution in [0, 0.1) is 11.8 Å². The molecule has 0 aromatic heterocycles. The van der Waals surface area contributed by atoms with Gasteiger partial charge in [-0.25, -0.2) is 0 Å². The maximum absolute atomic E-state index is 12.9. The molecule has 1 amide bonds. The molecule has 2 aromatic carbocycles. The van der Waals surface area contributed by atoms with Crippen molar-refractivity contribution < 1.29 is 4.79 Å². The summed E-state index contributed by atoms with van der Waals surface area (Å²) in [5.74, 6) is 1.63. The molecule has 0 aliphatic carbocycles. The molecule has 0 spiro atoms. The average Bonchev–Trinajstić information content (AvgIpc) is 2.71. The zero-order valence-corrected chi connectivity index (χ0v) is 17.8. The molecular weight excluding hydrogens is 358 g/mol. The van der Waals surface area contributed by atoms with Gasteiger partial charge in [-0.2, -0.15) is 0 Å². The molecule has 154 valence electrons. The number of carbonyl (C=O) groups excluding carboxylic acids is 1.